The molecule has 1 amide bonds. The number of aromatic nitrogens is 1. The summed E-state index contributed by atoms with van der Waals surface area (Å²) in [5.74, 6) is -0.703. The number of carboxylic acids is 1. The first-order valence-corrected chi connectivity index (χ1v) is 10.4. The fraction of sp³-hybridized carbons (Fsp3) is 0.208. The minimum atomic E-state index is -0.977. The Hall–Kier alpha value is -3.38. The molecular formula is C24H21ClN2O4. The van der Waals surface area contributed by atoms with Gasteiger partial charge < -0.3 is 14.7 Å². The molecule has 0 bridgehead atoms. The maximum Gasteiger partial charge on any atom is 0.326 e. The van der Waals surface area contributed by atoms with Gasteiger partial charge in [0.05, 0.1) is 0 Å². The van der Waals surface area contributed by atoms with Crippen LogP contribution in [0.25, 0.3) is 11.1 Å². The van der Waals surface area contributed by atoms with Gasteiger partial charge in [0.15, 0.2) is 0 Å². The molecule has 0 saturated carbocycles. The molecule has 1 atom stereocenters. The summed E-state index contributed by atoms with van der Waals surface area (Å²) in [5.41, 5.74) is 2.78. The second kappa shape index (κ2) is 9.18. The zero-order chi connectivity index (χ0) is 21.8. The summed E-state index contributed by atoms with van der Waals surface area (Å²) < 4.78 is 6.05. The number of halogens is 1. The van der Waals surface area contributed by atoms with Crippen LogP contribution >= 0.6 is 11.6 Å². The van der Waals surface area contributed by atoms with Gasteiger partial charge >= 0.3 is 5.97 Å². The van der Waals surface area contributed by atoms with Gasteiger partial charge in [-0.1, -0.05) is 29.8 Å². The second-order valence-electron chi connectivity index (χ2n) is 7.33. The maximum absolute atomic E-state index is 13.1. The number of amides is 1. The summed E-state index contributed by atoms with van der Waals surface area (Å²) >= 11 is 6.43. The molecular weight excluding hydrogens is 416 g/mol. The highest BCUT2D eigenvalue weighted by atomic mass is 35.5. The monoisotopic (exact) mass is 436 g/mol. The molecule has 31 heavy (non-hydrogen) atoms. The van der Waals surface area contributed by atoms with Gasteiger partial charge in [-0.15, -0.1) is 0 Å². The summed E-state index contributed by atoms with van der Waals surface area (Å²) in [5, 5.41) is 9.97. The third-order valence-electron chi connectivity index (χ3n) is 5.33. The van der Waals surface area contributed by atoms with Gasteiger partial charge in [0.2, 0.25) is 0 Å². The van der Waals surface area contributed by atoms with Gasteiger partial charge in [-0.3, -0.25) is 9.78 Å². The highest BCUT2D eigenvalue weighted by Gasteiger charge is 2.34. The van der Waals surface area contributed by atoms with Gasteiger partial charge in [-0.05, 0) is 54.8 Å². The molecule has 7 heteroatoms. The quantitative estimate of drug-likeness (QED) is 0.607. The number of pyridine rings is 1. The molecule has 1 aliphatic heterocycles. The van der Waals surface area contributed by atoms with E-state index in [1.165, 1.54) is 4.90 Å². The van der Waals surface area contributed by atoms with Crippen molar-refractivity contribution >= 4 is 23.5 Å². The summed E-state index contributed by atoms with van der Waals surface area (Å²) in [4.78, 5) is 30.1. The van der Waals surface area contributed by atoms with Crippen molar-refractivity contribution < 1.29 is 19.4 Å². The van der Waals surface area contributed by atoms with Crippen LogP contribution in [0.3, 0.4) is 0 Å². The van der Waals surface area contributed by atoms with Crippen LogP contribution in [0.2, 0.25) is 5.02 Å². The van der Waals surface area contributed by atoms with Crippen molar-refractivity contribution in [2.75, 3.05) is 6.54 Å². The van der Waals surface area contributed by atoms with Crippen LogP contribution in [-0.2, 0) is 11.4 Å². The van der Waals surface area contributed by atoms with Crippen molar-refractivity contribution in [3.63, 3.8) is 0 Å². The van der Waals surface area contributed by atoms with Crippen molar-refractivity contribution in [2.24, 2.45) is 0 Å². The Morgan fingerprint density at radius 1 is 1.10 bits per heavy atom. The normalized spacial score (nSPS) is 15.6. The van der Waals surface area contributed by atoms with Crippen LogP contribution in [0.1, 0.15) is 28.8 Å². The van der Waals surface area contributed by atoms with Crippen molar-refractivity contribution in [1.82, 2.24) is 9.88 Å². The van der Waals surface area contributed by atoms with Gasteiger partial charge in [0, 0.05) is 40.7 Å². The van der Waals surface area contributed by atoms with Crippen molar-refractivity contribution in [3.05, 3.63) is 83.1 Å². The first-order valence-electron chi connectivity index (χ1n) is 9.99. The van der Waals surface area contributed by atoms with E-state index in [9.17, 15) is 14.7 Å². The predicted octanol–water partition coefficient (Wildman–Crippen LogP) is 4.67. The molecule has 4 rings (SSSR count). The zero-order valence-electron chi connectivity index (χ0n) is 16.7. The number of ether oxygens (including phenoxy) is 1. The third-order valence-corrected chi connectivity index (χ3v) is 5.66. The van der Waals surface area contributed by atoms with E-state index in [1.807, 2.05) is 30.3 Å². The van der Waals surface area contributed by atoms with Crippen LogP contribution in [0.5, 0.6) is 5.75 Å². The molecule has 1 aliphatic rings. The number of carboxylic acid groups (broad SMARTS) is 1. The van der Waals surface area contributed by atoms with Crippen LogP contribution in [-0.4, -0.2) is 39.5 Å². The van der Waals surface area contributed by atoms with E-state index in [1.54, 1.807) is 36.7 Å². The van der Waals surface area contributed by atoms with E-state index >= 15 is 0 Å². The number of likely N-dealkylation sites (tertiary alicyclic amines) is 1. The van der Waals surface area contributed by atoms with E-state index in [2.05, 4.69) is 4.98 Å². The lowest BCUT2D eigenvalue weighted by Crippen LogP contribution is -2.40. The molecule has 2 aromatic carbocycles. The molecule has 3 aromatic rings. The molecule has 1 N–H and O–H groups in total. The highest BCUT2D eigenvalue weighted by molar-refractivity contribution is 6.33. The molecule has 2 heterocycles. The average Bonchev–Trinajstić information content (AvgIpc) is 3.29. The standard InChI is InChI=1S/C24H21ClN2O4/c25-20-5-2-1-4-18(20)19-14-17(23(28)27-13-3-6-21(27)24(29)30)7-8-22(19)31-15-16-9-11-26-12-10-16/h1-2,4-5,7-12,14,21H,3,6,13,15H2,(H,29,30). The Morgan fingerprint density at radius 2 is 1.87 bits per heavy atom. The first-order chi connectivity index (χ1) is 15.0. The van der Waals surface area contributed by atoms with E-state index in [-0.39, 0.29) is 5.91 Å². The molecule has 1 saturated heterocycles. The Kier molecular flexibility index (Phi) is 6.18. The van der Waals surface area contributed by atoms with Crippen LogP contribution in [0.4, 0.5) is 0 Å². The summed E-state index contributed by atoms with van der Waals surface area (Å²) in [6.45, 7) is 0.762. The number of benzene rings is 2. The molecule has 6 nitrogen and oxygen atoms in total. The summed E-state index contributed by atoms with van der Waals surface area (Å²) in [7, 11) is 0. The largest absolute Gasteiger partial charge is 0.488 e. The van der Waals surface area contributed by atoms with Gasteiger partial charge in [-0.2, -0.15) is 0 Å². The Bertz CT molecular complexity index is 1100. The van der Waals surface area contributed by atoms with E-state index in [0.29, 0.717) is 47.9 Å². The molecule has 0 aliphatic carbocycles. The first kappa shape index (κ1) is 20.9. The number of carbonyl (C=O) groups is 2. The van der Waals surface area contributed by atoms with E-state index < -0.39 is 12.0 Å². The van der Waals surface area contributed by atoms with E-state index in [0.717, 1.165) is 11.1 Å². The van der Waals surface area contributed by atoms with Crippen LogP contribution < -0.4 is 4.74 Å². The third kappa shape index (κ3) is 4.54. The maximum atomic E-state index is 13.1. The van der Waals surface area contributed by atoms with Gasteiger partial charge in [-0.25, -0.2) is 4.79 Å². The lowest BCUT2D eigenvalue weighted by atomic mass is 10.0. The summed E-state index contributed by atoms with van der Waals surface area (Å²) in [6.07, 6.45) is 4.54. The van der Waals surface area contributed by atoms with Crippen LogP contribution in [0, 0.1) is 0 Å². The van der Waals surface area contributed by atoms with Crippen LogP contribution in [0.15, 0.2) is 67.0 Å². The average molecular weight is 437 g/mol. The van der Waals surface area contributed by atoms with Gasteiger partial charge in [0.1, 0.15) is 18.4 Å². The number of carbonyl (C=O) groups excluding carboxylic acids is 1. The number of aliphatic carboxylic acids is 1. The molecule has 158 valence electrons. The molecule has 0 spiro atoms. The number of hydrogen-bond donors (Lipinski definition) is 1. The fourth-order valence-electron chi connectivity index (χ4n) is 3.75. The topological polar surface area (TPSA) is 79.7 Å². The Balaban J connectivity index is 1.69. The SMILES string of the molecule is O=C(O)C1CCCN1C(=O)c1ccc(OCc2ccncc2)c(-c2ccccc2Cl)c1. The minimum Gasteiger partial charge on any atom is -0.488 e. The lowest BCUT2D eigenvalue weighted by molar-refractivity contribution is -0.141. The zero-order valence-corrected chi connectivity index (χ0v) is 17.5. The Labute approximate surface area is 185 Å². The van der Waals surface area contributed by atoms with Crippen molar-refractivity contribution in [1.29, 1.82) is 0 Å². The Morgan fingerprint density at radius 3 is 2.61 bits per heavy atom. The smallest absolute Gasteiger partial charge is 0.326 e. The highest BCUT2D eigenvalue weighted by Crippen LogP contribution is 2.36. The molecule has 1 unspecified atom stereocenters. The minimum absolute atomic E-state index is 0.307. The molecule has 1 aromatic heterocycles. The van der Waals surface area contributed by atoms with Gasteiger partial charge in [0.25, 0.3) is 5.91 Å². The van der Waals surface area contributed by atoms with Crippen molar-refractivity contribution in [2.45, 2.75) is 25.5 Å². The number of nitrogens with zero attached hydrogens (tertiary/aromatic N) is 2. The van der Waals surface area contributed by atoms with E-state index in [4.69, 9.17) is 16.3 Å². The van der Waals surface area contributed by atoms with Crippen molar-refractivity contribution in [3.8, 4) is 16.9 Å². The lowest BCUT2D eigenvalue weighted by Gasteiger charge is -2.22. The predicted molar refractivity (Wildman–Crippen MR) is 117 cm³/mol. The number of rotatable bonds is 6. The summed E-state index contributed by atoms with van der Waals surface area (Å²) in [6, 6.07) is 15.4. The molecule has 0 radical (unpaired) electrons. The fourth-order valence-corrected chi connectivity index (χ4v) is 3.99. The second-order valence-corrected chi connectivity index (χ2v) is 7.74. The number of hydrogen-bond acceptors (Lipinski definition) is 4. The molecule has 1 fully saturated rings.